The van der Waals surface area contributed by atoms with Crippen LogP contribution < -0.4 is 11.1 Å². The molecule has 1 aliphatic rings. The van der Waals surface area contributed by atoms with E-state index in [4.69, 9.17) is 10.2 Å². The molecule has 1 atom stereocenters. The molecule has 150 valence electrons. The Hall–Kier alpha value is -2.34. The van der Waals surface area contributed by atoms with E-state index in [0.29, 0.717) is 22.2 Å². The molecule has 0 aliphatic heterocycles. The fourth-order valence-electron chi connectivity index (χ4n) is 3.74. The Kier molecular flexibility index (Phi) is 5.79. The third kappa shape index (κ3) is 4.22. The molecule has 2 aromatic rings. The Morgan fingerprint density at radius 2 is 2.14 bits per heavy atom. The van der Waals surface area contributed by atoms with Crippen molar-refractivity contribution in [1.29, 1.82) is 0 Å². The van der Waals surface area contributed by atoms with Crippen LogP contribution in [0.3, 0.4) is 0 Å². The number of fused-ring (bicyclic) bond motifs is 1. The van der Waals surface area contributed by atoms with Crippen LogP contribution in [0.1, 0.15) is 65.9 Å². The summed E-state index contributed by atoms with van der Waals surface area (Å²) in [7, 11) is 0. The minimum atomic E-state index is -0.480. The van der Waals surface area contributed by atoms with Gasteiger partial charge in [-0.15, -0.1) is 11.3 Å². The minimum Gasteiger partial charge on any atom is -0.462 e. The second-order valence-corrected chi connectivity index (χ2v) is 9.23. The van der Waals surface area contributed by atoms with Crippen molar-refractivity contribution in [2.24, 2.45) is 17.1 Å². The first kappa shape index (κ1) is 20.4. The zero-order valence-electron chi connectivity index (χ0n) is 16.9. The Labute approximate surface area is 170 Å². The predicted molar refractivity (Wildman–Crippen MR) is 114 cm³/mol. The van der Waals surface area contributed by atoms with Crippen LogP contribution in [0, 0.1) is 18.3 Å². The number of amides is 2. The average Bonchev–Trinajstić information content (AvgIpc) is 3.21. The number of carbonyl (C=O) groups excluding carboxylic acids is 2. The lowest BCUT2D eigenvalue weighted by atomic mass is 9.69. The molecule has 6 heteroatoms. The summed E-state index contributed by atoms with van der Waals surface area (Å²) in [6.07, 6.45) is 6.93. The molecule has 0 saturated heterocycles. The van der Waals surface area contributed by atoms with Crippen molar-refractivity contribution >= 4 is 34.2 Å². The molecule has 3 N–H and O–H groups in total. The monoisotopic (exact) mass is 400 g/mol. The van der Waals surface area contributed by atoms with Gasteiger partial charge in [-0.2, -0.15) is 0 Å². The van der Waals surface area contributed by atoms with E-state index in [2.05, 4.69) is 26.1 Å². The number of nitrogens with one attached hydrogen (secondary N) is 1. The summed E-state index contributed by atoms with van der Waals surface area (Å²) in [5.41, 5.74) is 7.40. The highest BCUT2D eigenvalue weighted by molar-refractivity contribution is 7.17. The number of primary amides is 1. The summed E-state index contributed by atoms with van der Waals surface area (Å²) in [5, 5.41) is 3.40. The molecule has 0 aromatic carbocycles. The zero-order chi connectivity index (χ0) is 20.5. The van der Waals surface area contributed by atoms with Crippen LogP contribution in [0.5, 0.6) is 0 Å². The van der Waals surface area contributed by atoms with Gasteiger partial charge in [0, 0.05) is 11.0 Å². The summed E-state index contributed by atoms with van der Waals surface area (Å²) in [6, 6.07) is 3.64. The SMILES string of the molecule is CCC(C)(C)C1CCc2c(sc(NC(=O)C=Cc3ccc(C)o3)c2C(N)=O)C1. The minimum absolute atomic E-state index is 0.252. The normalized spacial score (nSPS) is 16.9. The van der Waals surface area contributed by atoms with Crippen LogP contribution in [-0.4, -0.2) is 11.8 Å². The number of rotatable bonds is 6. The predicted octanol–water partition coefficient (Wildman–Crippen LogP) is 4.94. The van der Waals surface area contributed by atoms with Crippen molar-refractivity contribution in [3.8, 4) is 0 Å². The number of thiophene rings is 1. The van der Waals surface area contributed by atoms with E-state index in [0.717, 1.165) is 37.0 Å². The smallest absolute Gasteiger partial charge is 0.251 e. The summed E-state index contributed by atoms with van der Waals surface area (Å²) in [5.74, 6) is 1.17. The fraction of sp³-hybridized carbons (Fsp3) is 0.455. The van der Waals surface area contributed by atoms with E-state index in [1.165, 1.54) is 22.3 Å². The van der Waals surface area contributed by atoms with E-state index in [-0.39, 0.29) is 11.3 Å². The average molecular weight is 401 g/mol. The van der Waals surface area contributed by atoms with Crippen LogP contribution in [-0.2, 0) is 17.6 Å². The fourth-order valence-corrected chi connectivity index (χ4v) is 5.08. The van der Waals surface area contributed by atoms with Gasteiger partial charge in [-0.25, -0.2) is 0 Å². The van der Waals surface area contributed by atoms with Gasteiger partial charge in [0.15, 0.2) is 0 Å². The molecule has 5 nitrogen and oxygen atoms in total. The molecule has 3 rings (SSSR count). The van der Waals surface area contributed by atoms with Gasteiger partial charge >= 0.3 is 0 Å². The van der Waals surface area contributed by atoms with E-state index in [1.807, 2.05) is 13.0 Å². The van der Waals surface area contributed by atoms with Crippen molar-refractivity contribution in [3.63, 3.8) is 0 Å². The highest BCUT2D eigenvalue weighted by atomic mass is 32.1. The summed E-state index contributed by atoms with van der Waals surface area (Å²) in [4.78, 5) is 25.6. The second-order valence-electron chi connectivity index (χ2n) is 8.13. The summed E-state index contributed by atoms with van der Waals surface area (Å²) in [6.45, 7) is 8.67. The Balaban J connectivity index is 1.81. The van der Waals surface area contributed by atoms with Gasteiger partial charge in [-0.3, -0.25) is 9.59 Å². The van der Waals surface area contributed by atoms with E-state index >= 15 is 0 Å². The van der Waals surface area contributed by atoms with E-state index < -0.39 is 5.91 Å². The van der Waals surface area contributed by atoms with Gasteiger partial charge in [0.1, 0.15) is 16.5 Å². The largest absolute Gasteiger partial charge is 0.462 e. The van der Waals surface area contributed by atoms with Crippen LogP contribution in [0.25, 0.3) is 6.08 Å². The standard InChI is InChI=1S/C22H28N2O3S/c1-5-22(3,4)14-7-10-16-17(12-14)28-21(19(16)20(23)26)24-18(25)11-9-15-8-6-13(2)27-15/h6,8-9,11,14H,5,7,10,12H2,1-4H3,(H2,23,26)(H,24,25). The van der Waals surface area contributed by atoms with Crippen LogP contribution in [0.2, 0.25) is 0 Å². The van der Waals surface area contributed by atoms with Crippen molar-refractivity contribution < 1.29 is 14.0 Å². The molecule has 0 fully saturated rings. The maximum Gasteiger partial charge on any atom is 0.251 e. The second kappa shape index (κ2) is 7.95. The molecule has 1 aliphatic carbocycles. The molecule has 2 aromatic heterocycles. The van der Waals surface area contributed by atoms with Gasteiger partial charge in [-0.1, -0.05) is 27.2 Å². The number of aryl methyl sites for hydroxylation is 1. The molecule has 2 heterocycles. The van der Waals surface area contributed by atoms with Gasteiger partial charge < -0.3 is 15.5 Å². The number of nitrogens with two attached hydrogens (primary N) is 1. The number of furan rings is 1. The number of anilines is 1. The number of carbonyl (C=O) groups is 2. The zero-order valence-corrected chi connectivity index (χ0v) is 17.7. The summed E-state index contributed by atoms with van der Waals surface area (Å²) < 4.78 is 5.43. The molecule has 2 amide bonds. The Morgan fingerprint density at radius 3 is 2.75 bits per heavy atom. The molecular weight excluding hydrogens is 372 g/mol. The molecule has 0 spiro atoms. The maximum atomic E-state index is 12.4. The van der Waals surface area contributed by atoms with Gasteiger partial charge in [0.2, 0.25) is 5.91 Å². The van der Waals surface area contributed by atoms with Crippen LogP contribution >= 0.6 is 11.3 Å². The van der Waals surface area contributed by atoms with Crippen LogP contribution in [0.15, 0.2) is 22.6 Å². The molecule has 28 heavy (non-hydrogen) atoms. The van der Waals surface area contributed by atoms with Gasteiger partial charge in [0.05, 0.1) is 5.56 Å². The first-order chi connectivity index (χ1) is 13.2. The Bertz CT molecular complexity index is 920. The summed E-state index contributed by atoms with van der Waals surface area (Å²) >= 11 is 1.48. The topological polar surface area (TPSA) is 85.3 Å². The molecule has 0 bridgehead atoms. The molecule has 0 radical (unpaired) electrons. The Morgan fingerprint density at radius 1 is 1.39 bits per heavy atom. The van der Waals surface area contributed by atoms with Crippen molar-refractivity contribution in [1.82, 2.24) is 0 Å². The van der Waals surface area contributed by atoms with Crippen molar-refractivity contribution in [2.75, 3.05) is 5.32 Å². The van der Waals surface area contributed by atoms with Crippen LogP contribution in [0.4, 0.5) is 5.00 Å². The van der Waals surface area contributed by atoms with Gasteiger partial charge in [-0.05, 0) is 61.3 Å². The first-order valence-corrected chi connectivity index (χ1v) is 10.5. The number of hydrogen-bond donors (Lipinski definition) is 2. The number of hydrogen-bond acceptors (Lipinski definition) is 4. The molecular formula is C22H28N2O3S. The lowest BCUT2D eigenvalue weighted by Gasteiger charge is -2.36. The third-order valence-corrected chi connectivity index (χ3v) is 7.09. The highest BCUT2D eigenvalue weighted by Crippen LogP contribution is 2.45. The van der Waals surface area contributed by atoms with Gasteiger partial charge in [0.25, 0.3) is 5.91 Å². The lowest BCUT2D eigenvalue weighted by molar-refractivity contribution is -0.111. The lowest BCUT2D eigenvalue weighted by Crippen LogP contribution is -2.29. The highest BCUT2D eigenvalue weighted by Gasteiger charge is 2.34. The van der Waals surface area contributed by atoms with E-state index in [1.54, 1.807) is 12.1 Å². The van der Waals surface area contributed by atoms with E-state index in [9.17, 15) is 9.59 Å². The van der Waals surface area contributed by atoms with Crippen molar-refractivity contribution in [3.05, 3.63) is 45.7 Å². The first-order valence-electron chi connectivity index (χ1n) is 9.71. The molecule has 0 saturated carbocycles. The van der Waals surface area contributed by atoms with Crippen molar-refractivity contribution in [2.45, 2.75) is 53.4 Å². The molecule has 1 unspecified atom stereocenters. The third-order valence-electron chi connectivity index (χ3n) is 5.92. The maximum absolute atomic E-state index is 12.4. The quantitative estimate of drug-likeness (QED) is 0.673.